The molecular formula is C12H14N4OS. The Morgan fingerprint density at radius 3 is 2.78 bits per heavy atom. The zero-order valence-electron chi connectivity index (χ0n) is 10.2. The summed E-state index contributed by atoms with van der Waals surface area (Å²) in [6.07, 6.45) is 3.26. The summed E-state index contributed by atoms with van der Waals surface area (Å²) in [7, 11) is 0. The van der Waals surface area contributed by atoms with E-state index >= 15 is 0 Å². The maximum absolute atomic E-state index is 11.9. The molecule has 0 aliphatic rings. The molecule has 2 rings (SSSR count). The van der Waals surface area contributed by atoms with Gasteiger partial charge in [0.15, 0.2) is 0 Å². The van der Waals surface area contributed by atoms with Crippen molar-refractivity contribution in [3.8, 4) is 0 Å². The molecule has 2 aromatic heterocycles. The first kappa shape index (κ1) is 12.5. The number of rotatable bonds is 3. The molecule has 0 saturated carbocycles. The highest BCUT2D eigenvalue weighted by atomic mass is 32.1. The van der Waals surface area contributed by atoms with Crippen molar-refractivity contribution in [3.63, 3.8) is 0 Å². The van der Waals surface area contributed by atoms with Crippen molar-refractivity contribution in [1.29, 1.82) is 0 Å². The Morgan fingerprint density at radius 1 is 1.39 bits per heavy atom. The van der Waals surface area contributed by atoms with Gasteiger partial charge in [-0.2, -0.15) is 0 Å². The quantitative estimate of drug-likeness (QED) is 0.881. The number of carbonyl (C=O) groups is 1. The summed E-state index contributed by atoms with van der Waals surface area (Å²) in [5.41, 5.74) is 7.43. The maximum Gasteiger partial charge on any atom is 0.255 e. The first-order chi connectivity index (χ1) is 8.56. The molecule has 1 amide bonds. The minimum atomic E-state index is -0.217. The fraction of sp³-hybridized carbons (Fsp3) is 0.250. The number of nitrogen functional groups attached to an aromatic ring is 1. The average molecular weight is 262 g/mol. The van der Waals surface area contributed by atoms with Crippen LogP contribution in [0.25, 0.3) is 0 Å². The molecule has 0 bridgehead atoms. The smallest absolute Gasteiger partial charge is 0.255 e. The normalized spacial score (nSPS) is 10.3. The Kier molecular flexibility index (Phi) is 3.57. The van der Waals surface area contributed by atoms with Gasteiger partial charge < -0.3 is 11.1 Å². The first-order valence-electron chi connectivity index (χ1n) is 5.48. The summed E-state index contributed by atoms with van der Waals surface area (Å²) in [4.78, 5) is 21.1. The number of hydrogen-bond acceptors (Lipinski definition) is 5. The van der Waals surface area contributed by atoms with Crippen LogP contribution in [0.3, 0.4) is 0 Å². The SMILES string of the molecule is Cc1cc(N)c(C(=O)NCc2cnc(C)s2)cn1. The van der Waals surface area contributed by atoms with E-state index in [1.54, 1.807) is 23.6 Å². The fourth-order valence-corrected chi connectivity index (χ4v) is 2.25. The third-order valence-corrected chi connectivity index (χ3v) is 3.32. The van der Waals surface area contributed by atoms with E-state index in [4.69, 9.17) is 5.73 Å². The standard InChI is InChI=1S/C12H14N4OS/c1-7-3-11(13)10(6-14-7)12(17)16-5-9-4-15-8(2)18-9/h3-4,6H,5H2,1-2H3,(H2,13,14)(H,16,17). The van der Waals surface area contributed by atoms with Crippen molar-refractivity contribution in [2.45, 2.75) is 20.4 Å². The van der Waals surface area contributed by atoms with Gasteiger partial charge in [0.1, 0.15) is 0 Å². The molecule has 3 N–H and O–H groups in total. The number of hydrogen-bond donors (Lipinski definition) is 2. The van der Waals surface area contributed by atoms with Crippen LogP contribution in [-0.2, 0) is 6.54 Å². The molecule has 18 heavy (non-hydrogen) atoms. The van der Waals surface area contributed by atoms with Gasteiger partial charge in [-0.15, -0.1) is 11.3 Å². The Morgan fingerprint density at radius 2 is 2.17 bits per heavy atom. The monoisotopic (exact) mass is 262 g/mol. The van der Waals surface area contributed by atoms with E-state index in [-0.39, 0.29) is 5.91 Å². The van der Waals surface area contributed by atoms with Crippen LogP contribution in [0.1, 0.15) is 25.9 Å². The van der Waals surface area contributed by atoms with E-state index < -0.39 is 0 Å². The maximum atomic E-state index is 11.9. The van der Waals surface area contributed by atoms with Crippen molar-refractivity contribution in [3.05, 3.63) is 39.6 Å². The number of aryl methyl sites for hydroxylation is 2. The number of carbonyl (C=O) groups excluding carboxylic acids is 1. The summed E-state index contributed by atoms with van der Waals surface area (Å²) < 4.78 is 0. The van der Waals surface area contributed by atoms with E-state index in [0.29, 0.717) is 17.8 Å². The van der Waals surface area contributed by atoms with E-state index in [2.05, 4.69) is 15.3 Å². The van der Waals surface area contributed by atoms with Crippen LogP contribution in [-0.4, -0.2) is 15.9 Å². The second-order valence-corrected chi connectivity index (χ2v) is 5.26. The lowest BCUT2D eigenvalue weighted by Crippen LogP contribution is -2.23. The molecule has 0 fully saturated rings. The fourth-order valence-electron chi connectivity index (χ4n) is 1.52. The van der Waals surface area contributed by atoms with Crippen LogP contribution in [0.4, 0.5) is 5.69 Å². The van der Waals surface area contributed by atoms with Crippen LogP contribution in [0.2, 0.25) is 0 Å². The van der Waals surface area contributed by atoms with Crippen LogP contribution in [0.5, 0.6) is 0 Å². The van der Waals surface area contributed by atoms with Gasteiger partial charge in [-0.1, -0.05) is 0 Å². The number of nitrogens with zero attached hydrogens (tertiary/aromatic N) is 2. The van der Waals surface area contributed by atoms with Gasteiger partial charge in [-0.3, -0.25) is 9.78 Å². The van der Waals surface area contributed by atoms with Gasteiger partial charge in [0.05, 0.1) is 17.1 Å². The lowest BCUT2D eigenvalue weighted by Gasteiger charge is -2.06. The third-order valence-electron chi connectivity index (χ3n) is 2.41. The van der Waals surface area contributed by atoms with E-state index in [1.807, 2.05) is 13.8 Å². The van der Waals surface area contributed by atoms with Gasteiger partial charge in [-0.05, 0) is 19.9 Å². The highest BCUT2D eigenvalue weighted by Gasteiger charge is 2.10. The van der Waals surface area contributed by atoms with Gasteiger partial charge in [0, 0.05) is 28.7 Å². The first-order valence-corrected chi connectivity index (χ1v) is 6.29. The summed E-state index contributed by atoms with van der Waals surface area (Å²) in [5, 5.41) is 3.78. The van der Waals surface area contributed by atoms with Crippen LogP contribution < -0.4 is 11.1 Å². The Balaban J connectivity index is 2.03. The molecular weight excluding hydrogens is 248 g/mol. The molecule has 0 aromatic carbocycles. The van der Waals surface area contributed by atoms with Crippen molar-refractivity contribution >= 4 is 22.9 Å². The molecule has 6 heteroatoms. The molecule has 2 heterocycles. The van der Waals surface area contributed by atoms with Crippen molar-refractivity contribution in [1.82, 2.24) is 15.3 Å². The summed E-state index contributed by atoms with van der Waals surface area (Å²) in [5.74, 6) is -0.217. The highest BCUT2D eigenvalue weighted by molar-refractivity contribution is 7.11. The Hall–Kier alpha value is -1.95. The molecule has 0 radical (unpaired) electrons. The van der Waals surface area contributed by atoms with Gasteiger partial charge >= 0.3 is 0 Å². The minimum Gasteiger partial charge on any atom is -0.398 e. The predicted molar refractivity (Wildman–Crippen MR) is 71.4 cm³/mol. The molecule has 94 valence electrons. The number of pyridine rings is 1. The van der Waals surface area contributed by atoms with Crippen molar-refractivity contribution in [2.75, 3.05) is 5.73 Å². The van der Waals surface area contributed by atoms with Gasteiger partial charge in [0.25, 0.3) is 5.91 Å². The molecule has 0 aliphatic carbocycles. The third kappa shape index (κ3) is 2.84. The lowest BCUT2D eigenvalue weighted by atomic mass is 10.2. The zero-order chi connectivity index (χ0) is 13.1. The summed E-state index contributed by atoms with van der Waals surface area (Å²) >= 11 is 1.56. The number of nitrogens with one attached hydrogen (secondary N) is 1. The second kappa shape index (κ2) is 5.14. The number of anilines is 1. The van der Waals surface area contributed by atoms with Crippen LogP contribution >= 0.6 is 11.3 Å². The Labute approximate surface area is 109 Å². The number of aromatic nitrogens is 2. The second-order valence-electron chi connectivity index (χ2n) is 3.94. The van der Waals surface area contributed by atoms with Crippen molar-refractivity contribution < 1.29 is 4.79 Å². The van der Waals surface area contributed by atoms with Gasteiger partial charge in [-0.25, -0.2) is 4.98 Å². The molecule has 2 aromatic rings. The van der Waals surface area contributed by atoms with Crippen LogP contribution in [0, 0.1) is 13.8 Å². The number of amides is 1. The van der Waals surface area contributed by atoms with Crippen LogP contribution in [0.15, 0.2) is 18.5 Å². The average Bonchev–Trinajstić information content (AvgIpc) is 2.72. The summed E-state index contributed by atoms with van der Waals surface area (Å²) in [6, 6.07) is 1.69. The minimum absolute atomic E-state index is 0.217. The largest absolute Gasteiger partial charge is 0.398 e. The zero-order valence-corrected chi connectivity index (χ0v) is 11.0. The topological polar surface area (TPSA) is 80.9 Å². The van der Waals surface area contributed by atoms with E-state index in [0.717, 1.165) is 15.6 Å². The predicted octanol–water partition coefficient (Wildman–Crippen LogP) is 1.67. The number of nitrogens with two attached hydrogens (primary N) is 1. The number of thiazole rings is 1. The van der Waals surface area contributed by atoms with Gasteiger partial charge in [0.2, 0.25) is 0 Å². The molecule has 0 unspecified atom stereocenters. The lowest BCUT2D eigenvalue weighted by molar-refractivity contribution is 0.0952. The molecule has 5 nitrogen and oxygen atoms in total. The van der Waals surface area contributed by atoms with E-state index in [1.165, 1.54) is 6.20 Å². The molecule has 0 aliphatic heterocycles. The van der Waals surface area contributed by atoms with E-state index in [9.17, 15) is 4.79 Å². The molecule has 0 spiro atoms. The Bertz CT molecular complexity index is 579. The summed E-state index contributed by atoms with van der Waals surface area (Å²) in [6.45, 7) is 4.22. The highest BCUT2D eigenvalue weighted by Crippen LogP contribution is 2.13. The van der Waals surface area contributed by atoms with Crippen molar-refractivity contribution in [2.24, 2.45) is 0 Å². The molecule has 0 saturated heterocycles. The molecule has 0 atom stereocenters.